The summed E-state index contributed by atoms with van der Waals surface area (Å²) in [6.45, 7) is 1.35. The molecule has 0 spiro atoms. The standard InChI is InChI=1S/C12H15BrN2O3/c13-9-3-7-1-2-18-11(7)8(4-9)5-15-6-10(16)12(14)17/h3-4,10,15-16H,1-2,5-6H2,(H2,14,17). The number of aliphatic hydroxyl groups is 1. The molecule has 0 saturated carbocycles. The number of hydrogen-bond acceptors (Lipinski definition) is 4. The average Bonchev–Trinajstić information content (AvgIpc) is 2.76. The number of halogens is 1. The summed E-state index contributed by atoms with van der Waals surface area (Å²) in [6, 6.07) is 4.01. The van der Waals surface area contributed by atoms with Gasteiger partial charge in [-0.2, -0.15) is 0 Å². The fraction of sp³-hybridized carbons (Fsp3) is 0.417. The van der Waals surface area contributed by atoms with E-state index < -0.39 is 12.0 Å². The Labute approximate surface area is 113 Å². The summed E-state index contributed by atoms with van der Waals surface area (Å²) < 4.78 is 6.57. The van der Waals surface area contributed by atoms with Gasteiger partial charge < -0.3 is 20.9 Å². The van der Waals surface area contributed by atoms with E-state index >= 15 is 0 Å². The zero-order valence-corrected chi connectivity index (χ0v) is 11.4. The van der Waals surface area contributed by atoms with Crippen LogP contribution >= 0.6 is 15.9 Å². The number of ether oxygens (including phenoxy) is 1. The van der Waals surface area contributed by atoms with Crippen LogP contribution in [0, 0.1) is 0 Å². The van der Waals surface area contributed by atoms with Crippen LogP contribution in [0.1, 0.15) is 11.1 Å². The van der Waals surface area contributed by atoms with Crippen molar-refractivity contribution in [2.75, 3.05) is 13.2 Å². The first-order valence-corrected chi connectivity index (χ1v) is 6.49. The Bertz CT molecular complexity index is 465. The van der Waals surface area contributed by atoms with Crippen LogP contribution in [0.15, 0.2) is 16.6 Å². The van der Waals surface area contributed by atoms with Gasteiger partial charge in [-0.25, -0.2) is 0 Å². The molecule has 1 atom stereocenters. The number of nitrogens with one attached hydrogen (secondary N) is 1. The molecule has 1 unspecified atom stereocenters. The number of benzene rings is 1. The second kappa shape index (κ2) is 5.69. The van der Waals surface area contributed by atoms with Gasteiger partial charge in [0.05, 0.1) is 6.61 Å². The molecule has 0 radical (unpaired) electrons. The molecule has 0 aromatic heterocycles. The van der Waals surface area contributed by atoms with Crippen LogP contribution in [0.25, 0.3) is 0 Å². The Hall–Kier alpha value is -1.11. The van der Waals surface area contributed by atoms with Crippen LogP contribution in [0.3, 0.4) is 0 Å². The van der Waals surface area contributed by atoms with Gasteiger partial charge in [-0.3, -0.25) is 4.79 Å². The van der Waals surface area contributed by atoms with E-state index in [4.69, 9.17) is 10.5 Å². The molecule has 0 saturated heterocycles. The van der Waals surface area contributed by atoms with Crippen LogP contribution in [0.2, 0.25) is 0 Å². The number of rotatable bonds is 5. The van der Waals surface area contributed by atoms with Gasteiger partial charge in [-0.05, 0) is 17.7 Å². The van der Waals surface area contributed by atoms with Crippen molar-refractivity contribution < 1.29 is 14.6 Å². The predicted octanol–water partition coefficient (Wildman–Crippen LogP) is 0.320. The Kier molecular flexibility index (Phi) is 4.21. The smallest absolute Gasteiger partial charge is 0.247 e. The molecule has 5 nitrogen and oxygen atoms in total. The summed E-state index contributed by atoms with van der Waals surface area (Å²) in [5.41, 5.74) is 7.15. The van der Waals surface area contributed by atoms with Gasteiger partial charge in [-0.15, -0.1) is 0 Å². The monoisotopic (exact) mass is 314 g/mol. The lowest BCUT2D eigenvalue weighted by molar-refractivity contribution is -0.125. The van der Waals surface area contributed by atoms with Gasteiger partial charge in [0.25, 0.3) is 0 Å². The van der Waals surface area contributed by atoms with Crippen molar-refractivity contribution in [3.63, 3.8) is 0 Å². The minimum Gasteiger partial charge on any atom is -0.493 e. The maximum absolute atomic E-state index is 10.7. The van der Waals surface area contributed by atoms with Crippen molar-refractivity contribution >= 4 is 21.8 Å². The molecule has 2 rings (SSSR count). The predicted molar refractivity (Wildman–Crippen MR) is 70.2 cm³/mol. The second-order valence-electron chi connectivity index (χ2n) is 4.20. The number of hydrogen-bond donors (Lipinski definition) is 3. The molecule has 6 heteroatoms. The lowest BCUT2D eigenvalue weighted by Gasteiger charge is -2.11. The van der Waals surface area contributed by atoms with Crippen LogP contribution in [-0.2, 0) is 17.8 Å². The van der Waals surface area contributed by atoms with Gasteiger partial charge >= 0.3 is 0 Å². The van der Waals surface area contributed by atoms with E-state index in [1.807, 2.05) is 12.1 Å². The summed E-state index contributed by atoms with van der Waals surface area (Å²) in [5.74, 6) is 0.178. The molecule has 1 aliphatic heterocycles. The van der Waals surface area contributed by atoms with E-state index in [-0.39, 0.29) is 6.54 Å². The van der Waals surface area contributed by atoms with Crippen LogP contribution in [0.4, 0.5) is 0 Å². The Morgan fingerprint density at radius 1 is 1.61 bits per heavy atom. The summed E-state index contributed by atoms with van der Waals surface area (Å²) >= 11 is 3.45. The number of primary amides is 1. The molecular formula is C12H15BrN2O3. The molecule has 1 aromatic rings. The minimum atomic E-state index is -1.16. The first-order valence-electron chi connectivity index (χ1n) is 5.70. The lowest BCUT2D eigenvalue weighted by atomic mass is 10.1. The number of aliphatic hydroxyl groups excluding tert-OH is 1. The third-order valence-corrected chi connectivity index (χ3v) is 3.26. The molecule has 1 aliphatic rings. The van der Waals surface area contributed by atoms with Gasteiger partial charge in [0.2, 0.25) is 5.91 Å². The largest absolute Gasteiger partial charge is 0.493 e. The molecule has 1 amide bonds. The van der Waals surface area contributed by atoms with E-state index in [0.29, 0.717) is 13.2 Å². The molecular weight excluding hydrogens is 300 g/mol. The summed E-state index contributed by atoms with van der Waals surface area (Å²) in [4.78, 5) is 10.7. The van der Waals surface area contributed by atoms with E-state index in [1.54, 1.807) is 0 Å². The molecule has 4 N–H and O–H groups in total. The SMILES string of the molecule is NC(=O)C(O)CNCc1cc(Br)cc2c1OCC2. The number of nitrogens with two attached hydrogens (primary N) is 1. The maximum atomic E-state index is 10.7. The van der Waals surface area contributed by atoms with Crippen molar-refractivity contribution in [2.45, 2.75) is 19.1 Å². The van der Waals surface area contributed by atoms with Crippen molar-refractivity contribution in [3.8, 4) is 5.75 Å². The normalized spacial score (nSPS) is 15.0. The highest BCUT2D eigenvalue weighted by molar-refractivity contribution is 9.10. The molecule has 98 valence electrons. The summed E-state index contributed by atoms with van der Waals surface area (Å²) in [7, 11) is 0. The first kappa shape index (κ1) is 13.3. The molecule has 0 bridgehead atoms. The zero-order chi connectivity index (χ0) is 13.1. The fourth-order valence-electron chi connectivity index (χ4n) is 1.92. The van der Waals surface area contributed by atoms with Crippen LogP contribution in [-0.4, -0.2) is 30.3 Å². The maximum Gasteiger partial charge on any atom is 0.247 e. The van der Waals surface area contributed by atoms with Crippen LogP contribution in [0.5, 0.6) is 5.75 Å². The topological polar surface area (TPSA) is 84.6 Å². The number of carbonyl (C=O) groups is 1. The minimum absolute atomic E-state index is 0.136. The van der Waals surface area contributed by atoms with Crippen molar-refractivity contribution in [1.82, 2.24) is 5.32 Å². The first-order chi connectivity index (χ1) is 8.58. The summed E-state index contributed by atoms with van der Waals surface area (Å²) in [6.07, 6.45) is -0.253. The lowest BCUT2D eigenvalue weighted by Crippen LogP contribution is -2.37. The third-order valence-electron chi connectivity index (χ3n) is 2.81. The molecule has 18 heavy (non-hydrogen) atoms. The molecule has 1 aromatic carbocycles. The average molecular weight is 315 g/mol. The highest BCUT2D eigenvalue weighted by atomic mass is 79.9. The van der Waals surface area contributed by atoms with Gasteiger partial charge in [0, 0.05) is 29.5 Å². The third kappa shape index (κ3) is 3.01. The van der Waals surface area contributed by atoms with Gasteiger partial charge in [0.1, 0.15) is 11.9 Å². The van der Waals surface area contributed by atoms with Gasteiger partial charge in [-0.1, -0.05) is 15.9 Å². The quantitative estimate of drug-likeness (QED) is 0.731. The van der Waals surface area contributed by atoms with Crippen molar-refractivity contribution in [3.05, 3.63) is 27.7 Å². The molecule has 0 aliphatic carbocycles. The highest BCUT2D eigenvalue weighted by Crippen LogP contribution is 2.32. The number of amides is 1. The Balaban J connectivity index is 2.00. The highest BCUT2D eigenvalue weighted by Gasteiger charge is 2.17. The summed E-state index contributed by atoms with van der Waals surface area (Å²) in [5, 5.41) is 12.3. The van der Waals surface area contributed by atoms with E-state index in [9.17, 15) is 9.90 Å². The van der Waals surface area contributed by atoms with Crippen molar-refractivity contribution in [2.24, 2.45) is 5.73 Å². The number of carbonyl (C=O) groups excluding carboxylic acids is 1. The fourth-order valence-corrected chi connectivity index (χ4v) is 2.47. The van der Waals surface area contributed by atoms with E-state index in [2.05, 4.69) is 21.2 Å². The van der Waals surface area contributed by atoms with Gasteiger partial charge in [0.15, 0.2) is 0 Å². The van der Waals surface area contributed by atoms with Crippen LogP contribution < -0.4 is 15.8 Å². The Morgan fingerprint density at radius 2 is 2.39 bits per heavy atom. The number of fused-ring (bicyclic) bond motifs is 1. The van der Waals surface area contributed by atoms with E-state index in [0.717, 1.165) is 22.2 Å². The zero-order valence-electron chi connectivity index (χ0n) is 9.78. The van der Waals surface area contributed by atoms with E-state index in [1.165, 1.54) is 5.56 Å². The molecule has 1 heterocycles. The molecule has 0 fully saturated rings. The second-order valence-corrected chi connectivity index (χ2v) is 5.12. The Morgan fingerprint density at radius 3 is 3.11 bits per heavy atom. The van der Waals surface area contributed by atoms with Crippen molar-refractivity contribution in [1.29, 1.82) is 0 Å².